The molecule has 144 valence electrons. The molecule has 6 nitrogen and oxygen atoms in total. The first kappa shape index (κ1) is 20.1. The van der Waals surface area contributed by atoms with E-state index >= 15 is 0 Å². The molecule has 0 spiro atoms. The Kier molecular flexibility index (Phi) is 5.95. The molecule has 2 aromatic rings. The van der Waals surface area contributed by atoms with Crippen molar-refractivity contribution in [3.63, 3.8) is 0 Å². The summed E-state index contributed by atoms with van der Waals surface area (Å²) < 4.78 is 67.0. The molecular weight excluding hydrogens is 379 g/mol. The fourth-order valence-electron chi connectivity index (χ4n) is 2.22. The molecule has 0 bridgehead atoms. The lowest BCUT2D eigenvalue weighted by Gasteiger charge is -2.20. The van der Waals surface area contributed by atoms with Crippen LogP contribution in [0.3, 0.4) is 0 Å². The van der Waals surface area contributed by atoms with Gasteiger partial charge in [0.1, 0.15) is 0 Å². The minimum atomic E-state index is -2.34. The fraction of sp³-hybridized carbons (Fsp3) is 0.125. The van der Waals surface area contributed by atoms with E-state index in [-0.39, 0.29) is 11.1 Å². The molecule has 11 heteroatoms. The summed E-state index contributed by atoms with van der Waals surface area (Å²) in [5.74, 6) is -11.7. The second kappa shape index (κ2) is 7.99. The topological polar surface area (TPSA) is 89.9 Å². The Morgan fingerprint density at radius 1 is 0.852 bits per heavy atom. The fourth-order valence-corrected chi connectivity index (χ4v) is 2.22. The first-order chi connectivity index (χ1) is 12.7. The zero-order valence-electron chi connectivity index (χ0n) is 13.3. The van der Waals surface area contributed by atoms with E-state index in [1.807, 2.05) is 0 Å². The third-order valence-electron chi connectivity index (χ3n) is 3.61. The van der Waals surface area contributed by atoms with Gasteiger partial charge in [-0.25, -0.2) is 32.2 Å². The largest absolute Gasteiger partial charge is 0.465 e. The van der Waals surface area contributed by atoms with Gasteiger partial charge in [0.2, 0.25) is 5.82 Å². The summed E-state index contributed by atoms with van der Waals surface area (Å²) in [5.41, 5.74) is 0.409. The minimum Gasteiger partial charge on any atom is -0.465 e. The lowest BCUT2D eigenvalue weighted by Crippen LogP contribution is -2.30. The molecule has 0 saturated heterocycles. The number of amides is 2. The number of carboxylic acid groups (broad SMARTS) is 1. The molecule has 0 radical (unpaired) electrons. The highest BCUT2D eigenvalue weighted by Gasteiger charge is 2.28. The van der Waals surface area contributed by atoms with Crippen molar-refractivity contribution in [2.75, 3.05) is 0 Å². The Morgan fingerprint density at radius 2 is 1.33 bits per heavy atom. The SMILES string of the molecule is O=C(NO)c1ccc(CN(Cc2c(F)c(F)c(F)c(F)c2F)C(=O)O)cc1. The maximum Gasteiger partial charge on any atom is 0.407 e. The van der Waals surface area contributed by atoms with Crippen LogP contribution in [-0.2, 0) is 13.1 Å². The number of hydrogen-bond donors (Lipinski definition) is 3. The van der Waals surface area contributed by atoms with E-state index in [0.29, 0.717) is 4.90 Å². The average molecular weight is 390 g/mol. The van der Waals surface area contributed by atoms with Crippen LogP contribution in [0.1, 0.15) is 21.5 Å². The van der Waals surface area contributed by atoms with Crippen LogP contribution in [-0.4, -0.2) is 27.2 Å². The molecule has 2 rings (SSSR count). The Morgan fingerprint density at radius 3 is 1.78 bits per heavy atom. The number of nitrogens with zero attached hydrogens (tertiary/aromatic N) is 1. The van der Waals surface area contributed by atoms with Gasteiger partial charge in [0, 0.05) is 17.7 Å². The van der Waals surface area contributed by atoms with Gasteiger partial charge in [-0.15, -0.1) is 0 Å². The van der Waals surface area contributed by atoms with E-state index < -0.39 is 59.7 Å². The molecule has 0 fully saturated rings. The highest BCUT2D eigenvalue weighted by molar-refractivity contribution is 5.93. The van der Waals surface area contributed by atoms with E-state index in [1.54, 1.807) is 0 Å². The Hall–Kier alpha value is -3.21. The standard InChI is InChI=1S/C16H11F5N2O4/c17-10-9(11(18)13(20)14(21)12(10)19)6-23(16(25)26)5-7-1-3-8(4-2-7)15(24)22-27/h1-4,27H,5-6H2,(H,22,24)(H,25,26). The highest BCUT2D eigenvalue weighted by Crippen LogP contribution is 2.25. The lowest BCUT2D eigenvalue weighted by atomic mass is 10.1. The monoisotopic (exact) mass is 390 g/mol. The third kappa shape index (κ3) is 4.14. The molecule has 0 heterocycles. The summed E-state index contributed by atoms with van der Waals surface area (Å²) >= 11 is 0. The van der Waals surface area contributed by atoms with Gasteiger partial charge in [0.05, 0.1) is 6.54 Å². The number of benzene rings is 2. The van der Waals surface area contributed by atoms with Crippen molar-refractivity contribution < 1.29 is 41.9 Å². The molecule has 0 aliphatic rings. The number of hydrogen-bond acceptors (Lipinski definition) is 3. The first-order valence-corrected chi connectivity index (χ1v) is 7.18. The predicted octanol–water partition coefficient (Wildman–Crippen LogP) is 3.18. The molecule has 0 aliphatic carbocycles. The average Bonchev–Trinajstić information content (AvgIpc) is 2.66. The zero-order chi connectivity index (χ0) is 20.3. The van der Waals surface area contributed by atoms with E-state index in [1.165, 1.54) is 29.7 Å². The third-order valence-corrected chi connectivity index (χ3v) is 3.61. The van der Waals surface area contributed by atoms with E-state index in [2.05, 4.69) is 0 Å². The Labute approximate surface area is 148 Å². The predicted molar refractivity (Wildman–Crippen MR) is 79.2 cm³/mol. The Bertz CT molecular complexity index is 860. The van der Waals surface area contributed by atoms with E-state index in [0.717, 1.165) is 0 Å². The molecule has 2 aromatic carbocycles. The molecule has 2 amide bonds. The van der Waals surface area contributed by atoms with Gasteiger partial charge in [0.25, 0.3) is 5.91 Å². The van der Waals surface area contributed by atoms with Gasteiger partial charge in [-0.3, -0.25) is 14.9 Å². The number of hydroxylamine groups is 1. The number of carbonyl (C=O) groups is 2. The van der Waals surface area contributed by atoms with Gasteiger partial charge in [-0.05, 0) is 17.7 Å². The number of halogens is 5. The van der Waals surface area contributed by atoms with Crippen LogP contribution in [0.4, 0.5) is 26.7 Å². The summed E-state index contributed by atoms with van der Waals surface area (Å²) in [6.45, 7) is -1.56. The van der Waals surface area contributed by atoms with E-state index in [9.17, 15) is 36.6 Å². The molecule has 0 unspecified atom stereocenters. The summed E-state index contributed by atoms with van der Waals surface area (Å²) in [4.78, 5) is 23.0. The van der Waals surface area contributed by atoms with Crippen molar-refractivity contribution in [2.45, 2.75) is 13.1 Å². The van der Waals surface area contributed by atoms with Crippen LogP contribution in [0.25, 0.3) is 0 Å². The summed E-state index contributed by atoms with van der Waals surface area (Å²) in [5, 5.41) is 17.7. The first-order valence-electron chi connectivity index (χ1n) is 7.18. The van der Waals surface area contributed by atoms with Crippen LogP contribution in [0, 0.1) is 29.1 Å². The summed E-state index contributed by atoms with van der Waals surface area (Å²) in [7, 11) is 0. The smallest absolute Gasteiger partial charge is 0.407 e. The number of rotatable bonds is 5. The number of carbonyl (C=O) groups excluding carboxylic acids is 1. The number of nitrogens with one attached hydrogen (secondary N) is 1. The minimum absolute atomic E-state index is 0.0443. The van der Waals surface area contributed by atoms with Crippen molar-refractivity contribution >= 4 is 12.0 Å². The van der Waals surface area contributed by atoms with E-state index in [4.69, 9.17) is 5.21 Å². The molecule has 0 aromatic heterocycles. The lowest BCUT2D eigenvalue weighted by molar-refractivity contribution is 0.0706. The van der Waals surface area contributed by atoms with Crippen molar-refractivity contribution in [2.24, 2.45) is 0 Å². The van der Waals surface area contributed by atoms with Crippen molar-refractivity contribution in [1.82, 2.24) is 10.4 Å². The normalized spacial score (nSPS) is 10.6. The summed E-state index contributed by atoms with van der Waals surface area (Å²) in [6, 6.07) is 5.05. The molecule has 0 atom stereocenters. The molecule has 0 aliphatic heterocycles. The van der Waals surface area contributed by atoms with Crippen LogP contribution < -0.4 is 5.48 Å². The van der Waals surface area contributed by atoms with Crippen LogP contribution in [0.5, 0.6) is 0 Å². The van der Waals surface area contributed by atoms with Gasteiger partial charge >= 0.3 is 6.09 Å². The van der Waals surface area contributed by atoms with Crippen molar-refractivity contribution in [1.29, 1.82) is 0 Å². The van der Waals surface area contributed by atoms with Gasteiger partial charge < -0.3 is 5.11 Å². The zero-order valence-corrected chi connectivity index (χ0v) is 13.3. The molecule has 27 heavy (non-hydrogen) atoms. The van der Waals surface area contributed by atoms with Gasteiger partial charge in [-0.1, -0.05) is 12.1 Å². The van der Waals surface area contributed by atoms with Gasteiger partial charge in [0.15, 0.2) is 23.3 Å². The van der Waals surface area contributed by atoms with Crippen LogP contribution in [0.15, 0.2) is 24.3 Å². The van der Waals surface area contributed by atoms with Crippen molar-refractivity contribution in [3.8, 4) is 0 Å². The maximum absolute atomic E-state index is 13.7. The molecule has 0 saturated carbocycles. The quantitative estimate of drug-likeness (QED) is 0.241. The highest BCUT2D eigenvalue weighted by atomic mass is 19.2. The molecule has 3 N–H and O–H groups in total. The van der Waals surface area contributed by atoms with Crippen LogP contribution in [0.2, 0.25) is 0 Å². The van der Waals surface area contributed by atoms with Crippen LogP contribution >= 0.6 is 0 Å². The second-order valence-corrected chi connectivity index (χ2v) is 5.32. The Balaban J connectivity index is 2.30. The second-order valence-electron chi connectivity index (χ2n) is 5.32. The van der Waals surface area contributed by atoms with Crippen molar-refractivity contribution in [3.05, 3.63) is 70.0 Å². The van der Waals surface area contributed by atoms with Gasteiger partial charge in [-0.2, -0.15) is 0 Å². The maximum atomic E-state index is 13.7. The molecular formula is C16H11F5N2O4. The summed E-state index contributed by atoms with van der Waals surface area (Å²) in [6.07, 6.45) is -1.67.